The Bertz CT molecular complexity index is 377. The Balaban J connectivity index is 3.08. The summed E-state index contributed by atoms with van der Waals surface area (Å²) in [5, 5.41) is 0. The number of hydrogen-bond acceptors (Lipinski definition) is 3. The van der Waals surface area contributed by atoms with E-state index >= 15 is 0 Å². The lowest BCUT2D eigenvalue weighted by atomic mass is 10.1. The highest BCUT2D eigenvalue weighted by atomic mass is 16.5. The van der Waals surface area contributed by atoms with Gasteiger partial charge in [0.15, 0.2) is 0 Å². The van der Waals surface area contributed by atoms with Crippen LogP contribution in [0.25, 0.3) is 0 Å². The summed E-state index contributed by atoms with van der Waals surface area (Å²) in [7, 11) is 1.60. The van der Waals surface area contributed by atoms with E-state index in [0.717, 1.165) is 5.69 Å². The van der Waals surface area contributed by atoms with E-state index in [9.17, 15) is 4.79 Å². The SMILES string of the molecule is COc1ccccc1N(CCN)C(=O)C(C)C. The van der Waals surface area contributed by atoms with Gasteiger partial charge in [-0.3, -0.25) is 4.79 Å². The minimum absolute atomic E-state index is 0.0555. The molecule has 0 fully saturated rings. The van der Waals surface area contributed by atoms with Gasteiger partial charge < -0.3 is 15.4 Å². The summed E-state index contributed by atoms with van der Waals surface area (Å²) in [5.74, 6) is 0.682. The van der Waals surface area contributed by atoms with Crippen LogP contribution in [0, 0.1) is 5.92 Å². The van der Waals surface area contributed by atoms with Crippen LogP contribution in [0.4, 0.5) is 5.69 Å². The molecule has 0 heterocycles. The Morgan fingerprint density at radius 1 is 1.41 bits per heavy atom. The fourth-order valence-corrected chi connectivity index (χ4v) is 1.64. The maximum Gasteiger partial charge on any atom is 0.229 e. The summed E-state index contributed by atoms with van der Waals surface area (Å²) in [4.78, 5) is 13.8. The largest absolute Gasteiger partial charge is 0.495 e. The molecule has 2 N–H and O–H groups in total. The molecule has 1 aromatic carbocycles. The van der Waals surface area contributed by atoms with Crippen molar-refractivity contribution in [3.63, 3.8) is 0 Å². The van der Waals surface area contributed by atoms with E-state index in [-0.39, 0.29) is 11.8 Å². The van der Waals surface area contributed by atoms with Gasteiger partial charge in [0.25, 0.3) is 0 Å². The quantitative estimate of drug-likeness (QED) is 0.845. The molecule has 0 aromatic heterocycles. The van der Waals surface area contributed by atoms with Crippen LogP contribution in [0.3, 0.4) is 0 Å². The zero-order chi connectivity index (χ0) is 12.8. The highest BCUT2D eigenvalue weighted by Crippen LogP contribution is 2.28. The molecule has 0 aliphatic carbocycles. The summed E-state index contributed by atoms with van der Waals surface area (Å²) in [6.45, 7) is 4.68. The van der Waals surface area contributed by atoms with Gasteiger partial charge in [-0.1, -0.05) is 26.0 Å². The third-order valence-electron chi connectivity index (χ3n) is 2.49. The average molecular weight is 236 g/mol. The zero-order valence-corrected chi connectivity index (χ0v) is 10.6. The van der Waals surface area contributed by atoms with Gasteiger partial charge in [0.05, 0.1) is 12.8 Å². The predicted molar refractivity (Wildman–Crippen MR) is 69.2 cm³/mol. The predicted octanol–water partition coefficient (Wildman–Crippen LogP) is 1.64. The first-order chi connectivity index (χ1) is 8.11. The van der Waals surface area contributed by atoms with E-state index in [0.29, 0.717) is 18.8 Å². The molecular formula is C13H20N2O2. The molecule has 17 heavy (non-hydrogen) atoms. The highest BCUT2D eigenvalue weighted by molar-refractivity contribution is 5.96. The Labute approximate surface area is 102 Å². The number of nitrogens with two attached hydrogens (primary N) is 1. The topological polar surface area (TPSA) is 55.6 Å². The normalized spacial score (nSPS) is 10.4. The number of benzene rings is 1. The van der Waals surface area contributed by atoms with Crippen molar-refractivity contribution in [2.45, 2.75) is 13.8 Å². The number of anilines is 1. The molecular weight excluding hydrogens is 216 g/mol. The van der Waals surface area contributed by atoms with Gasteiger partial charge in [-0.05, 0) is 12.1 Å². The summed E-state index contributed by atoms with van der Waals surface area (Å²) in [6.07, 6.45) is 0. The number of amides is 1. The summed E-state index contributed by atoms with van der Waals surface area (Å²) in [5.41, 5.74) is 6.34. The number of ether oxygens (including phenoxy) is 1. The molecule has 0 radical (unpaired) electrons. The van der Waals surface area contributed by atoms with Crippen LogP contribution in [0.2, 0.25) is 0 Å². The smallest absolute Gasteiger partial charge is 0.229 e. The van der Waals surface area contributed by atoms with E-state index < -0.39 is 0 Å². The van der Waals surface area contributed by atoms with Crippen molar-refractivity contribution in [2.75, 3.05) is 25.1 Å². The van der Waals surface area contributed by atoms with E-state index in [4.69, 9.17) is 10.5 Å². The van der Waals surface area contributed by atoms with E-state index in [2.05, 4.69) is 0 Å². The number of carbonyl (C=O) groups excluding carboxylic acids is 1. The van der Waals surface area contributed by atoms with Gasteiger partial charge in [-0.15, -0.1) is 0 Å². The number of carbonyl (C=O) groups is 1. The second-order valence-corrected chi connectivity index (χ2v) is 4.11. The van der Waals surface area contributed by atoms with Gasteiger partial charge in [-0.25, -0.2) is 0 Å². The maximum atomic E-state index is 12.1. The van der Waals surface area contributed by atoms with Crippen LogP contribution < -0.4 is 15.4 Å². The third kappa shape index (κ3) is 3.20. The Morgan fingerprint density at radius 2 is 2.06 bits per heavy atom. The van der Waals surface area contributed by atoms with Gasteiger partial charge in [-0.2, -0.15) is 0 Å². The van der Waals surface area contributed by atoms with Gasteiger partial charge in [0.2, 0.25) is 5.91 Å². The minimum atomic E-state index is -0.0635. The molecule has 0 spiro atoms. The van der Waals surface area contributed by atoms with Crippen molar-refractivity contribution in [3.8, 4) is 5.75 Å². The van der Waals surface area contributed by atoms with Crippen molar-refractivity contribution in [2.24, 2.45) is 11.7 Å². The molecule has 0 saturated carbocycles. The van der Waals surface area contributed by atoms with Crippen LogP contribution in [-0.2, 0) is 4.79 Å². The third-order valence-corrected chi connectivity index (χ3v) is 2.49. The lowest BCUT2D eigenvalue weighted by Gasteiger charge is -2.25. The minimum Gasteiger partial charge on any atom is -0.495 e. The maximum absolute atomic E-state index is 12.1. The van der Waals surface area contributed by atoms with E-state index in [1.54, 1.807) is 12.0 Å². The zero-order valence-electron chi connectivity index (χ0n) is 10.6. The molecule has 0 saturated heterocycles. The first kappa shape index (κ1) is 13.5. The highest BCUT2D eigenvalue weighted by Gasteiger charge is 2.20. The fourth-order valence-electron chi connectivity index (χ4n) is 1.64. The van der Waals surface area contributed by atoms with Crippen molar-refractivity contribution >= 4 is 11.6 Å². The van der Waals surface area contributed by atoms with Crippen molar-refractivity contribution in [1.29, 1.82) is 0 Å². The molecule has 0 aliphatic heterocycles. The van der Waals surface area contributed by atoms with Crippen LogP contribution in [0.15, 0.2) is 24.3 Å². The van der Waals surface area contributed by atoms with Crippen molar-refractivity contribution < 1.29 is 9.53 Å². The molecule has 1 amide bonds. The standard InChI is InChI=1S/C13H20N2O2/c1-10(2)13(16)15(9-8-14)11-6-4-5-7-12(11)17-3/h4-7,10H,8-9,14H2,1-3H3. The number of nitrogens with zero attached hydrogens (tertiary/aromatic N) is 1. The Morgan fingerprint density at radius 3 is 2.59 bits per heavy atom. The van der Waals surface area contributed by atoms with Gasteiger partial charge >= 0.3 is 0 Å². The summed E-state index contributed by atoms with van der Waals surface area (Å²) >= 11 is 0. The molecule has 0 aliphatic rings. The molecule has 0 atom stereocenters. The summed E-state index contributed by atoms with van der Waals surface area (Å²) < 4.78 is 5.27. The summed E-state index contributed by atoms with van der Waals surface area (Å²) in [6, 6.07) is 7.47. The number of para-hydroxylation sites is 2. The van der Waals surface area contributed by atoms with E-state index in [1.165, 1.54) is 0 Å². The number of methoxy groups -OCH3 is 1. The lowest BCUT2D eigenvalue weighted by Crippen LogP contribution is -2.38. The second kappa shape index (κ2) is 6.25. The molecule has 0 bridgehead atoms. The van der Waals surface area contributed by atoms with E-state index in [1.807, 2.05) is 38.1 Å². The number of hydrogen-bond donors (Lipinski definition) is 1. The monoisotopic (exact) mass is 236 g/mol. The molecule has 1 rings (SSSR count). The Hall–Kier alpha value is -1.55. The Kier molecular flexibility index (Phi) is 4.97. The van der Waals surface area contributed by atoms with Crippen molar-refractivity contribution in [3.05, 3.63) is 24.3 Å². The molecule has 4 nitrogen and oxygen atoms in total. The molecule has 4 heteroatoms. The van der Waals surface area contributed by atoms with Gasteiger partial charge in [0.1, 0.15) is 5.75 Å². The average Bonchev–Trinajstić information content (AvgIpc) is 2.35. The lowest BCUT2D eigenvalue weighted by molar-refractivity contribution is -0.121. The number of rotatable bonds is 5. The van der Waals surface area contributed by atoms with Crippen LogP contribution in [-0.4, -0.2) is 26.1 Å². The molecule has 94 valence electrons. The first-order valence-corrected chi connectivity index (χ1v) is 5.76. The fraction of sp³-hybridized carbons (Fsp3) is 0.462. The van der Waals surface area contributed by atoms with Gasteiger partial charge in [0, 0.05) is 19.0 Å². The first-order valence-electron chi connectivity index (χ1n) is 5.76. The van der Waals surface area contributed by atoms with Crippen LogP contribution in [0.1, 0.15) is 13.8 Å². The molecule has 0 unspecified atom stereocenters. The van der Waals surface area contributed by atoms with Crippen LogP contribution >= 0.6 is 0 Å². The van der Waals surface area contributed by atoms with Crippen LogP contribution in [0.5, 0.6) is 5.75 Å². The van der Waals surface area contributed by atoms with Crippen molar-refractivity contribution in [1.82, 2.24) is 0 Å². The second-order valence-electron chi connectivity index (χ2n) is 4.11. The molecule has 1 aromatic rings.